The Bertz CT molecular complexity index is 669. The first-order valence-electron chi connectivity index (χ1n) is 5.04. The minimum Gasteiger partial charge on any atom is -0.464 e. The van der Waals surface area contributed by atoms with Crippen LogP contribution in [0.4, 0.5) is 22.0 Å². The van der Waals surface area contributed by atoms with Crippen molar-refractivity contribution in [3.8, 4) is 11.3 Å². The highest BCUT2D eigenvalue weighted by Crippen LogP contribution is 2.30. The predicted octanol–water partition coefficient (Wildman–Crippen LogP) is 2.56. The van der Waals surface area contributed by atoms with E-state index in [9.17, 15) is 26.7 Å². The van der Waals surface area contributed by atoms with Gasteiger partial charge in [-0.15, -0.1) is 0 Å². The maximum absolute atomic E-state index is 13.5. The third-order valence-corrected chi connectivity index (χ3v) is 2.45. The molecule has 1 aromatic heterocycles. The summed E-state index contributed by atoms with van der Waals surface area (Å²) in [6, 6.07) is 0.810. The summed E-state index contributed by atoms with van der Waals surface area (Å²) in [6.45, 7) is 0. The molecule has 0 bridgehead atoms. The van der Waals surface area contributed by atoms with Crippen LogP contribution in [-0.4, -0.2) is 23.3 Å². The number of carbonyl (C=O) groups excluding carboxylic acids is 1. The van der Waals surface area contributed by atoms with Crippen molar-refractivity contribution in [3.63, 3.8) is 0 Å². The van der Waals surface area contributed by atoms with Crippen LogP contribution in [0.25, 0.3) is 11.3 Å². The highest BCUT2D eigenvalue weighted by Gasteiger charge is 2.28. The molecule has 106 valence electrons. The standard InChI is InChI=1S/C11H5F5N2O2/c1-20-11(19)4-2-3(17-18-4)5-6(12)8(14)10(16)9(15)7(5)13/h2H,1H3,(H,17,18). The number of ether oxygens (including phenoxy) is 1. The Morgan fingerprint density at radius 1 is 1.05 bits per heavy atom. The van der Waals surface area contributed by atoms with Crippen LogP contribution in [0.15, 0.2) is 6.07 Å². The van der Waals surface area contributed by atoms with Crippen molar-refractivity contribution >= 4 is 5.97 Å². The van der Waals surface area contributed by atoms with Gasteiger partial charge in [0.15, 0.2) is 23.3 Å². The fourth-order valence-electron chi connectivity index (χ4n) is 1.49. The number of methoxy groups -OCH3 is 1. The zero-order chi connectivity index (χ0) is 15.0. The van der Waals surface area contributed by atoms with E-state index in [0.29, 0.717) is 0 Å². The summed E-state index contributed by atoms with van der Waals surface area (Å²) >= 11 is 0. The Kier molecular flexibility index (Phi) is 3.43. The van der Waals surface area contributed by atoms with Crippen LogP contribution < -0.4 is 0 Å². The van der Waals surface area contributed by atoms with Crippen LogP contribution in [0.1, 0.15) is 10.5 Å². The lowest BCUT2D eigenvalue weighted by Gasteiger charge is -2.05. The van der Waals surface area contributed by atoms with Crippen LogP contribution in [0, 0.1) is 29.1 Å². The molecule has 0 aliphatic heterocycles. The van der Waals surface area contributed by atoms with Gasteiger partial charge in [0.25, 0.3) is 0 Å². The van der Waals surface area contributed by atoms with E-state index in [1.807, 2.05) is 0 Å². The molecule has 0 saturated carbocycles. The Balaban J connectivity index is 2.64. The van der Waals surface area contributed by atoms with Crippen molar-refractivity contribution in [1.29, 1.82) is 0 Å². The van der Waals surface area contributed by atoms with Crippen molar-refractivity contribution < 1.29 is 31.5 Å². The molecule has 0 aliphatic carbocycles. The molecule has 4 nitrogen and oxygen atoms in total. The summed E-state index contributed by atoms with van der Waals surface area (Å²) < 4.78 is 70.2. The highest BCUT2D eigenvalue weighted by atomic mass is 19.2. The quantitative estimate of drug-likeness (QED) is 0.400. The average molecular weight is 292 g/mol. The Labute approximate surface area is 108 Å². The van der Waals surface area contributed by atoms with Crippen molar-refractivity contribution in [2.75, 3.05) is 7.11 Å². The first-order valence-corrected chi connectivity index (χ1v) is 5.04. The van der Waals surface area contributed by atoms with Crippen LogP contribution in [0.5, 0.6) is 0 Å². The third kappa shape index (κ3) is 2.00. The molecule has 1 aromatic carbocycles. The fourth-order valence-corrected chi connectivity index (χ4v) is 1.49. The number of H-pyrrole nitrogens is 1. The van der Waals surface area contributed by atoms with E-state index in [0.717, 1.165) is 13.2 Å². The zero-order valence-corrected chi connectivity index (χ0v) is 9.73. The molecule has 9 heteroatoms. The summed E-state index contributed by atoms with van der Waals surface area (Å²) in [7, 11) is 1.04. The lowest BCUT2D eigenvalue weighted by atomic mass is 10.1. The third-order valence-electron chi connectivity index (χ3n) is 2.45. The number of halogens is 5. The van der Waals surface area contributed by atoms with Crippen LogP contribution in [-0.2, 0) is 4.74 Å². The molecule has 0 atom stereocenters. The molecule has 0 aliphatic rings. The van der Waals surface area contributed by atoms with E-state index in [4.69, 9.17) is 0 Å². The molecule has 1 N–H and O–H groups in total. The number of aromatic amines is 1. The van der Waals surface area contributed by atoms with E-state index < -0.39 is 46.3 Å². The minimum atomic E-state index is -2.27. The Morgan fingerprint density at radius 3 is 2.05 bits per heavy atom. The second-order valence-corrected chi connectivity index (χ2v) is 3.60. The van der Waals surface area contributed by atoms with Gasteiger partial charge in [0.05, 0.1) is 18.4 Å². The van der Waals surface area contributed by atoms with Crippen LogP contribution >= 0.6 is 0 Å². The maximum Gasteiger partial charge on any atom is 0.356 e. The maximum atomic E-state index is 13.5. The summed E-state index contributed by atoms with van der Waals surface area (Å²) in [5.74, 6) is -11.4. The van der Waals surface area contributed by atoms with Gasteiger partial charge in [-0.3, -0.25) is 5.10 Å². The van der Waals surface area contributed by atoms with Crippen molar-refractivity contribution in [2.45, 2.75) is 0 Å². The van der Waals surface area contributed by atoms with Crippen LogP contribution in [0.2, 0.25) is 0 Å². The molecule has 0 radical (unpaired) electrons. The molecule has 0 fully saturated rings. The lowest BCUT2D eigenvalue weighted by molar-refractivity contribution is 0.0594. The number of aromatic nitrogens is 2. The van der Waals surface area contributed by atoms with E-state index in [1.165, 1.54) is 0 Å². The largest absolute Gasteiger partial charge is 0.464 e. The van der Waals surface area contributed by atoms with Gasteiger partial charge in [-0.2, -0.15) is 5.10 Å². The van der Waals surface area contributed by atoms with Gasteiger partial charge in [-0.05, 0) is 6.07 Å². The Hall–Kier alpha value is -2.45. The molecule has 0 unspecified atom stereocenters. The summed E-state index contributed by atoms with van der Waals surface area (Å²) in [6.07, 6.45) is 0. The van der Waals surface area contributed by atoms with Crippen molar-refractivity contribution in [3.05, 3.63) is 40.8 Å². The molecular weight excluding hydrogens is 287 g/mol. The topological polar surface area (TPSA) is 55.0 Å². The number of nitrogens with zero attached hydrogens (tertiary/aromatic N) is 1. The van der Waals surface area contributed by atoms with Gasteiger partial charge in [0, 0.05) is 0 Å². The summed E-state index contributed by atoms with van der Waals surface area (Å²) in [5, 5.41) is 5.39. The summed E-state index contributed by atoms with van der Waals surface area (Å²) in [5.41, 5.74) is -2.14. The van der Waals surface area contributed by atoms with Gasteiger partial charge >= 0.3 is 5.97 Å². The highest BCUT2D eigenvalue weighted by molar-refractivity contribution is 5.88. The lowest BCUT2D eigenvalue weighted by Crippen LogP contribution is -2.04. The van der Waals surface area contributed by atoms with Crippen molar-refractivity contribution in [1.82, 2.24) is 10.2 Å². The van der Waals surface area contributed by atoms with Gasteiger partial charge in [-0.1, -0.05) is 0 Å². The molecule has 20 heavy (non-hydrogen) atoms. The number of rotatable bonds is 2. The molecule has 1 heterocycles. The average Bonchev–Trinajstić information content (AvgIpc) is 2.92. The molecule has 2 rings (SSSR count). The summed E-state index contributed by atoms with van der Waals surface area (Å²) in [4.78, 5) is 11.1. The van der Waals surface area contributed by atoms with Crippen LogP contribution in [0.3, 0.4) is 0 Å². The number of carbonyl (C=O) groups is 1. The number of hydrogen-bond donors (Lipinski definition) is 1. The monoisotopic (exact) mass is 292 g/mol. The molecule has 0 amide bonds. The van der Waals surface area contributed by atoms with E-state index in [2.05, 4.69) is 14.9 Å². The van der Waals surface area contributed by atoms with Gasteiger partial charge in [0.1, 0.15) is 5.69 Å². The predicted molar refractivity (Wildman–Crippen MR) is 55.2 cm³/mol. The minimum absolute atomic E-state index is 0.300. The number of esters is 1. The molecule has 2 aromatic rings. The van der Waals surface area contributed by atoms with Gasteiger partial charge in [0.2, 0.25) is 5.82 Å². The van der Waals surface area contributed by atoms with Gasteiger partial charge < -0.3 is 4.74 Å². The molecular formula is C11H5F5N2O2. The van der Waals surface area contributed by atoms with E-state index >= 15 is 0 Å². The zero-order valence-electron chi connectivity index (χ0n) is 9.73. The second-order valence-electron chi connectivity index (χ2n) is 3.60. The second kappa shape index (κ2) is 4.91. The SMILES string of the molecule is COC(=O)c1cc(-c2c(F)c(F)c(F)c(F)c2F)n[nH]1. The van der Waals surface area contributed by atoms with Crippen molar-refractivity contribution in [2.24, 2.45) is 0 Å². The smallest absolute Gasteiger partial charge is 0.356 e. The first-order chi connectivity index (χ1) is 9.38. The fraction of sp³-hybridized carbons (Fsp3) is 0.0909. The van der Waals surface area contributed by atoms with E-state index in [1.54, 1.807) is 0 Å². The number of hydrogen-bond acceptors (Lipinski definition) is 3. The van der Waals surface area contributed by atoms with E-state index in [-0.39, 0.29) is 5.69 Å². The molecule has 0 saturated heterocycles. The van der Waals surface area contributed by atoms with Gasteiger partial charge in [-0.25, -0.2) is 26.7 Å². The Morgan fingerprint density at radius 2 is 1.55 bits per heavy atom. The number of benzene rings is 1. The first kappa shape index (κ1) is 14.0. The normalized spacial score (nSPS) is 10.7. The molecule has 0 spiro atoms. The number of nitrogens with one attached hydrogen (secondary N) is 1.